The average molecular weight is 368 g/mol. The Bertz CT molecular complexity index is 864. The monoisotopic (exact) mass is 366 g/mol. The van der Waals surface area contributed by atoms with E-state index in [2.05, 4.69) is 15.5 Å². The van der Waals surface area contributed by atoms with Gasteiger partial charge in [0.05, 0.1) is 32.6 Å². The van der Waals surface area contributed by atoms with Crippen molar-refractivity contribution in [3.8, 4) is 5.69 Å². The first kappa shape index (κ1) is 15.8. The van der Waals surface area contributed by atoms with Crippen molar-refractivity contribution in [1.29, 1.82) is 0 Å². The predicted molar refractivity (Wildman–Crippen MR) is 90.8 cm³/mol. The number of carbonyl (C=O) groups excluding carboxylic acids is 1. The van der Waals surface area contributed by atoms with Crippen molar-refractivity contribution < 1.29 is 4.79 Å². The van der Waals surface area contributed by atoms with E-state index in [4.69, 9.17) is 34.8 Å². The highest BCUT2D eigenvalue weighted by Gasteiger charge is 2.14. The molecule has 0 spiro atoms. The molecule has 1 aromatic heterocycles. The molecule has 0 aliphatic carbocycles. The Hall–Kier alpha value is -2.08. The Morgan fingerprint density at radius 1 is 1.00 bits per heavy atom. The number of hydrogen-bond donors (Lipinski definition) is 1. The van der Waals surface area contributed by atoms with Gasteiger partial charge in [0.15, 0.2) is 5.69 Å². The molecule has 3 rings (SSSR count). The Morgan fingerprint density at radius 2 is 1.70 bits per heavy atom. The summed E-state index contributed by atoms with van der Waals surface area (Å²) < 4.78 is 0. The maximum atomic E-state index is 12.2. The highest BCUT2D eigenvalue weighted by molar-refractivity contribution is 6.44. The van der Waals surface area contributed by atoms with E-state index in [0.717, 1.165) is 5.69 Å². The largest absolute Gasteiger partial charge is 0.319 e. The zero-order valence-corrected chi connectivity index (χ0v) is 13.8. The average Bonchev–Trinajstić information content (AvgIpc) is 3.03. The van der Waals surface area contributed by atoms with Gasteiger partial charge in [-0.25, -0.2) is 0 Å². The first-order chi connectivity index (χ1) is 11.0. The summed E-state index contributed by atoms with van der Waals surface area (Å²) in [6, 6.07) is 12.2. The molecule has 0 aliphatic rings. The van der Waals surface area contributed by atoms with E-state index in [9.17, 15) is 4.79 Å². The summed E-state index contributed by atoms with van der Waals surface area (Å²) in [5.41, 5.74) is 1.25. The van der Waals surface area contributed by atoms with Crippen molar-refractivity contribution >= 4 is 46.4 Å². The summed E-state index contributed by atoms with van der Waals surface area (Å²) in [6.45, 7) is 0. The third kappa shape index (κ3) is 3.47. The molecule has 0 unspecified atom stereocenters. The standard InChI is InChI=1S/C15H9Cl3N4O/c16-10-6-12(18)13(7-11(10)17)20-15(23)14-8-19-22(21-14)9-4-2-1-3-5-9/h1-8H,(H,20,23). The highest BCUT2D eigenvalue weighted by Crippen LogP contribution is 2.32. The van der Waals surface area contributed by atoms with Crippen LogP contribution in [0.3, 0.4) is 0 Å². The first-order valence-electron chi connectivity index (χ1n) is 6.48. The fourth-order valence-electron chi connectivity index (χ4n) is 1.86. The Balaban J connectivity index is 1.82. The molecule has 0 aliphatic heterocycles. The van der Waals surface area contributed by atoms with Crippen LogP contribution in [0.5, 0.6) is 0 Å². The van der Waals surface area contributed by atoms with E-state index in [1.54, 1.807) is 0 Å². The van der Waals surface area contributed by atoms with Gasteiger partial charge in [-0.1, -0.05) is 53.0 Å². The SMILES string of the molecule is O=C(Nc1cc(Cl)c(Cl)cc1Cl)c1cnn(-c2ccccc2)n1. The predicted octanol–water partition coefficient (Wildman–Crippen LogP) is 4.48. The van der Waals surface area contributed by atoms with Crippen LogP contribution in [0.2, 0.25) is 15.1 Å². The van der Waals surface area contributed by atoms with Crippen LogP contribution in [0.25, 0.3) is 5.69 Å². The fraction of sp³-hybridized carbons (Fsp3) is 0. The number of rotatable bonds is 3. The summed E-state index contributed by atoms with van der Waals surface area (Å²) >= 11 is 17.8. The van der Waals surface area contributed by atoms with Crippen molar-refractivity contribution in [3.63, 3.8) is 0 Å². The first-order valence-corrected chi connectivity index (χ1v) is 7.61. The quantitative estimate of drug-likeness (QED) is 0.694. The van der Waals surface area contributed by atoms with Gasteiger partial charge in [0.2, 0.25) is 0 Å². The molecule has 0 atom stereocenters. The van der Waals surface area contributed by atoms with Gasteiger partial charge in [0.1, 0.15) is 0 Å². The molecule has 0 radical (unpaired) electrons. The van der Waals surface area contributed by atoms with Gasteiger partial charge in [-0.05, 0) is 24.3 Å². The molecule has 5 nitrogen and oxygen atoms in total. The highest BCUT2D eigenvalue weighted by atomic mass is 35.5. The van der Waals surface area contributed by atoms with Gasteiger partial charge in [0, 0.05) is 0 Å². The normalized spacial score (nSPS) is 10.6. The zero-order valence-electron chi connectivity index (χ0n) is 11.5. The number of carbonyl (C=O) groups is 1. The van der Waals surface area contributed by atoms with E-state index in [0.29, 0.717) is 15.7 Å². The smallest absolute Gasteiger partial charge is 0.277 e. The molecule has 0 saturated carbocycles. The Morgan fingerprint density at radius 3 is 2.43 bits per heavy atom. The number of para-hydroxylation sites is 1. The number of benzene rings is 2. The maximum absolute atomic E-state index is 12.2. The van der Waals surface area contributed by atoms with E-state index < -0.39 is 5.91 Å². The molecular weight excluding hydrogens is 359 g/mol. The number of aromatic nitrogens is 3. The number of nitrogens with one attached hydrogen (secondary N) is 1. The molecule has 0 saturated heterocycles. The van der Waals surface area contributed by atoms with Crippen LogP contribution in [0, 0.1) is 0 Å². The third-order valence-corrected chi connectivity index (χ3v) is 4.00. The lowest BCUT2D eigenvalue weighted by molar-refractivity contribution is 0.102. The molecule has 1 amide bonds. The fourth-order valence-corrected chi connectivity index (χ4v) is 2.45. The molecule has 2 aromatic carbocycles. The van der Waals surface area contributed by atoms with Gasteiger partial charge in [0.25, 0.3) is 5.91 Å². The molecule has 1 heterocycles. The maximum Gasteiger partial charge on any atom is 0.277 e. The molecule has 0 fully saturated rings. The van der Waals surface area contributed by atoms with E-state index in [1.807, 2.05) is 30.3 Å². The molecular formula is C15H9Cl3N4O. The molecule has 3 aromatic rings. The van der Waals surface area contributed by atoms with Gasteiger partial charge in [-0.2, -0.15) is 9.90 Å². The number of nitrogens with zero attached hydrogens (tertiary/aromatic N) is 3. The molecule has 8 heteroatoms. The van der Waals surface area contributed by atoms with Gasteiger partial charge in [-0.15, -0.1) is 5.10 Å². The number of halogens is 3. The van der Waals surface area contributed by atoms with Crippen LogP contribution >= 0.6 is 34.8 Å². The van der Waals surface area contributed by atoms with Crippen LogP contribution in [0.15, 0.2) is 48.7 Å². The van der Waals surface area contributed by atoms with Gasteiger partial charge in [-0.3, -0.25) is 4.79 Å². The second kappa shape index (κ2) is 6.58. The number of hydrogen-bond acceptors (Lipinski definition) is 3. The van der Waals surface area contributed by atoms with Crippen LogP contribution < -0.4 is 5.32 Å². The van der Waals surface area contributed by atoms with Crippen molar-refractivity contribution in [2.24, 2.45) is 0 Å². The zero-order chi connectivity index (χ0) is 16.4. The third-order valence-electron chi connectivity index (χ3n) is 2.97. The molecule has 23 heavy (non-hydrogen) atoms. The van der Waals surface area contributed by atoms with Gasteiger partial charge >= 0.3 is 0 Å². The van der Waals surface area contributed by atoms with Crippen molar-refractivity contribution in [2.75, 3.05) is 5.32 Å². The van der Waals surface area contributed by atoms with Crippen LogP contribution in [-0.2, 0) is 0 Å². The lowest BCUT2D eigenvalue weighted by Crippen LogP contribution is -2.13. The summed E-state index contributed by atoms with van der Waals surface area (Å²) in [4.78, 5) is 13.6. The van der Waals surface area contributed by atoms with E-state index >= 15 is 0 Å². The summed E-state index contributed by atoms with van der Waals surface area (Å²) in [7, 11) is 0. The lowest BCUT2D eigenvalue weighted by Gasteiger charge is -2.07. The Labute approximate surface area is 146 Å². The number of amides is 1. The minimum absolute atomic E-state index is 0.149. The topological polar surface area (TPSA) is 59.8 Å². The summed E-state index contributed by atoms with van der Waals surface area (Å²) in [6.07, 6.45) is 1.37. The second-order valence-corrected chi connectivity index (χ2v) is 5.78. The van der Waals surface area contributed by atoms with Crippen molar-refractivity contribution in [2.45, 2.75) is 0 Å². The number of anilines is 1. The lowest BCUT2D eigenvalue weighted by atomic mass is 10.3. The van der Waals surface area contributed by atoms with Crippen molar-refractivity contribution in [1.82, 2.24) is 15.0 Å². The van der Waals surface area contributed by atoms with Crippen LogP contribution in [0.1, 0.15) is 10.5 Å². The molecule has 0 bridgehead atoms. The minimum atomic E-state index is -0.451. The van der Waals surface area contributed by atoms with E-state index in [1.165, 1.54) is 23.1 Å². The van der Waals surface area contributed by atoms with Crippen molar-refractivity contribution in [3.05, 3.63) is 69.4 Å². The van der Waals surface area contributed by atoms with Gasteiger partial charge < -0.3 is 5.32 Å². The molecule has 116 valence electrons. The minimum Gasteiger partial charge on any atom is -0.319 e. The Kier molecular flexibility index (Phi) is 4.52. The summed E-state index contributed by atoms with van der Waals surface area (Å²) in [5.74, 6) is -0.451. The second-order valence-electron chi connectivity index (χ2n) is 4.56. The summed E-state index contributed by atoms with van der Waals surface area (Å²) in [5, 5.41) is 11.7. The van der Waals surface area contributed by atoms with Crippen LogP contribution in [-0.4, -0.2) is 20.9 Å². The van der Waals surface area contributed by atoms with Crippen LogP contribution in [0.4, 0.5) is 5.69 Å². The molecule has 1 N–H and O–H groups in total. The van der Waals surface area contributed by atoms with E-state index in [-0.39, 0.29) is 10.7 Å².